The maximum atomic E-state index is 12.2. The van der Waals surface area contributed by atoms with Gasteiger partial charge in [0.15, 0.2) is 0 Å². The summed E-state index contributed by atoms with van der Waals surface area (Å²) in [4.78, 5) is 25.6. The fourth-order valence-corrected chi connectivity index (χ4v) is 3.99. The summed E-state index contributed by atoms with van der Waals surface area (Å²) in [7, 11) is 0. The first-order chi connectivity index (χ1) is 9.19. The highest BCUT2D eigenvalue weighted by atomic mass is 32.2. The molecule has 4 nitrogen and oxygen atoms in total. The highest BCUT2D eigenvalue weighted by Gasteiger charge is 2.46. The van der Waals surface area contributed by atoms with Gasteiger partial charge in [0.25, 0.3) is 0 Å². The van der Waals surface area contributed by atoms with Crippen LogP contribution >= 0.6 is 11.8 Å². The number of amides is 2. The number of carbonyl (C=O) groups is 2. The third kappa shape index (κ3) is 2.82. The summed E-state index contributed by atoms with van der Waals surface area (Å²) in [5, 5.41) is 4.21. The average molecular weight is 282 g/mol. The predicted octanol–water partition coefficient (Wildman–Crippen LogP) is 1.54. The molecule has 2 aliphatic carbocycles. The first kappa shape index (κ1) is 13.4. The fourth-order valence-electron chi connectivity index (χ4n) is 3.25. The van der Waals surface area contributed by atoms with Crippen LogP contribution in [0.3, 0.4) is 0 Å². The number of nitrogens with one attached hydrogen (secondary N) is 1. The van der Waals surface area contributed by atoms with E-state index < -0.39 is 0 Å². The number of thioether (sulfide) groups is 1. The first-order valence-corrected chi connectivity index (χ1v) is 8.62. The summed E-state index contributed by atoms with van der Waals surface area (Å²) in [6, 6.07) is 0.396. The minimum Gasteiger partial charge on any atom is -0.303 e. The van der Waals surface area contributed by atoms with Crippen molar-refractivity contribution in [2.24, 2.45) is 0 Å². The van der Waals surface area contributed by atoms with Gasteiger partial charge in [-0.3, -0.25) is 14.5 Å². The lowest BCUT2D eigenvalue weighted by Gasteiger charge is -2.29. The van der Waals surface area contributed by atoms with Gasteiger partial charge in [-0.1, -0.05) is 0 Å². The monoisotopic (exact) mass is 282 g/mol. The van der Waals surface area contributed by atoms with Crippen molar-refractivity contribution in [1.29, 1.82) is 0 Å². The molecule has 3 aliphatic rings. The first-order valence-electron chi connectivity index (χ1n) is 7.33. The number of likely N-dealkylation sites (tertiary alicyclic amines) is 1. The van der Waals surface area contributed by atoms with Gasteiger partial charge in [-0.2, -0.15) is 11.8 Å². The number of hydrogen-bond acceptors (Lipinski definition) is 4. The largest absolute Gasteiger partial charge is 0.303 e. The molecule has 1 heterocycles. The van der Waals surface area contributed by atoms with Crippen LogP contribution in [-0.2, 0) is 9.59 Å². The van der Waals surface area contributed by atoms with Crippen LogP contribution in [0.5, 0.6) is 0 Å². The molecule has 0 bridgehead atoms. The minimum absolute atomic E-state index is 0.0273. The molecular weight excluding hydrogens is 260 g/mol. The van der Waals surface area contributed by atoms with Crippen LogP contribution < -0.4 is 5.32 Å². The maximum absolute atomic E-state index is 12.2. The number of nitrogens with zero attached hydrogens (tertiary/aromatic N) is 1. The van der Waals surface area contributed by atoms with E-state index in [1.54, 1.807) is 0 Å². The van der Waals surface area contributed by atoms with Crippen molar-refractivity contribution in [3.63, 3.8) is 0 Å². The van der Waals surface area contributed by atoms with E-state index in [4.69, 9.17) is 0 Å². The van der Waals surface area contributed by atoms with Crippen molar-refractivity contribution >= 4 is 23.6 Å². The molecule has 1 saturated heterocycles. The minimum atomic E-state index is -0.246. The zero-order valence-corrected chi connectivity index (χ0v) is 12.2. The molecular formula is C14H22N2O2S. The number of rotatable bonds is 4. The van der Waals surface area contributed by atoms with Crippen molar-refractivity contribution in [3.8, 4) is 0 Å². The Hall–Kier alpha value is -0.550. The lowest BCUT2D eigenvalue weighted by Crippen LogP contribution is -2.45. The Morgan fingerprint density at radius 3 is 2.37 bits per heavy atom. The maximum Gasteiger partial charge on any atom is 0.247 e. The Kier molecular flexibility index (Phi) is 3.85. The van der Waals surface area contributed by atoms with E-state index in [9.17, 15) is 9.59 Å². The molecule has 1 N–H and O–H groups in total. The number of hydrogen-bond donors (Lipinski definition) is 1. The zero-order valence-electron chi connectivity index (χ0n) is 11.4. The van der Waals surface area contributed by atoms with Crippen LogP contribution in [0, 0.1) is 0 Å². The number of carbonyl (C=O) groups excluding carboxylic acids is 2. The lowest BCUT2D eigenvalue weighted by atomic mass is 9.94. The SMILES string of the molecule is CSC1CCC(NC2CC(=O)N(C3CC3)C2=O)CC1. The zero-order chi connectivity index (χ0) is 13.4. The molecule has 106 valence electrons. The van der Waals surface area contributed by atoms with Crippen LogP contribution in [0.4, 0.5) is 0 Å². The summed E-state index contributed by atoms with van der Waals surface area (Å²) >= 11 is 1.95. The van der Waals surface area contributed by atoms with Gasteiger partial charge in [-0.05, 0) is 44.8 Å². The Morgan fingerprint density at radius 2 is 1.79 bits per heavy atom. The van der Waals surface area contributed by atoms with Crippen molar-refractivity contribution in [2.45, 2.75) is 68.3 Å². The summed E-state index contributed by atoms with van der Waals surface area (Å²) in [6.45, 7) is 0. The highest BCUT2D eigenvalue weighted by Crippen LogP contribution is 2.32. The predicted molar refractivity (Wildman–Crippen MR) is 76.0 cm³/mol. The fraction of sp³-hybridized carbons (Fsp3) is 0.857. The molecule has 3 rings (SSSR count). The van der Waals surface area contributed by atoms with Gasteiger partial charge in [-0.15, -0.1) is 0 Å². The second-order valence-electron chi connectivity index (χ2n) is 5.97. The second-order valence-corrected chi connectivity index (χ2v) is 7.10. The average Bonchev–Trinajstić information content (AvgIpc) is 3.19. The third-order valence-electron chi connectivity index (χ3n) is 4.54. The van der Waals surface area contributed by atoms with E-state index in [2.05, 4.69) is 11.6 Å². The van der Waals surface area contributed by atoms with E-state index >= 15 is 0 Å². The van der Waals surface area contributed by atoms with E-state index in [0.29, 0.717) is 12.5 Å². The van der Waals surface area contributed by atoms with Crippen molar-refractivity contribution in [1.82, 2.24) is 10.2 Å². The lowest BCUT2D eigenvalue weighted by molar-refractivity contribution is -0.139. The Morgan fingerprint density at radius 1 is 1.11 bits per heavy atom. The molecule has 2 saturated carbocycles. The topological polar surface area (TPSA) is 49.4 Å². The van der Waals surface area contributed by atoms with E-state index in [-0.39, 0.29) is 23.9 Å². The highest BCUT2D eigenvalue weighted by molar-refractivity contribution is 7.99. The molecule has 1 aliphatic heterocycles. The summed E-state index contributed by atoms with van der Waals surface area (Å²) < 4.78 is 0. The standard InChI is InChI=1S/C14H22N2O2S/c1-19-11-6-2-9(3-7-11)15-12-8-13(17)16(14(12)18)10-4-5-10/h9-12,15H,2-8H2,1H3. The molecule has 0 aromatic heterocycles. The quantitative estimate of drug-likeness (QED) is 0.795. The van der Waals surface area contributed by atoms with Crippen molar-refractivity contribution in [3.05, 3.63) is 0 Å². The Bertz CT molecular complexity index is 376. The van der Waals surface area contributed by atoms with Crippen molar-refractivity contribution < 1.29 is 9.59 Å². The van der Waals surface area contributed by atoms with E-state index in [1.807, 2.05) is 11.8 Å². The molecule has 3 fully saturated rings. The Balaban J connectivity index is 1.53. The van der Waals surface area contributed by atoms with Gasteiger partial charge in [0.05, 0.1) is 12.5 Å². The van der Waals surface area contributed by atoms with Gasteiger partial charge in [0.2, 0.25) is 11.8 Å². The third-order valence-corrected chi connectivity index (χ3v) is 5.68. The van der Waals surface area contributed by atoms with Gasteiger partial charge in [-0.25, -0.2) is 0 Å². The van der Waals surface area contributed by atoms with Crippen LogP contribution in [0.2, 0.25) is 0 Å². The molecule has 19 heavy (non-hydrogen) atoms. The summed E-state index contributed by atoms with van der Waals surface area (Å²) in [5.41, 5.74) is 0. The molecule has 0 aromatic carbocycles. The molecule has 0 aromatic rings. The van der Waals surface area contributed by atoms with Gasteiger partial charge in [0.1, 0.15) is 0 Å². The molecule has 0 spiro atoms. The molecule has 2 amide bonds. The molecule has 5 heteroatoms. The number of imide groups is 1. The summed E-state index contributed by atoms with van der Waals surface area (Å²) in [6.07, 6.45) is 9.26. The van der Waals surface area contributed by atoms with E-state index in [1.165, 1.54) is 17.7 Å². The normalized spacial score (nSPS) is 36.1. The summed E-state index contributed by atoms with van der Waals surface area (Å²) in [5.74, 6) is 0.0577. The molecule has 1 atom stereocenters. The van der Waals surface area contributed by atoms with Crippen LogP contribution in [0.15, 0.2) is 0 Å². The van der Waals surface area contributed by atoms with Gasteiger partial charge in [0, 0.05) is 17.3 Å². The van der Waals surface area contributed by atoms with Crippen LogP contribution in [0.1, 0.15) is 44.9 Å². The van der Waals surface area contributed by atoms with Crippen LogP contribution in [-0.4, -0.2) is 46.3 Å². The molecule has 0 radical (unpaired) electrons. The second kappa shape index (κ2) is 5.44. The van der Waals surface area contributed by atoms with Gasteiger partial charge >= 0.3 is 0 Å². The Labute approximate surface area is 118 Å². The van der Waals surface area contributed by atoms with Crippen molar-refractivity contribution in [2.75, 3.05) is 6.26 Å². The van der Waals surface area contributed by atoms with E-state index in [0.717, 1.165) is 30.9 Å². The van der Waals surface area contributed by atoms with Gasteiger partial charge < -0.3 is 5.32 Å². The molecule has 1 unspecified atom stereocenters. The smallest absolute Gasteiger partial charge is 0.247 e. The van der Waals surface area contributed by atoms with Crippen LogP contribution in [0.25, 0.3) is 0 Å².